The number of hydrogen-bond acceptors (Lipinski definition) is 2. The Morgan fingerprint density at radius 3 is 2.62 bits per heavy atom. The Balaban J connectivity index is 1.95. The van der Waals surface area contributed by atoms with E-state index in [0.29, 0.717) is 6.54 Å². The predicted octanol–water partition coefficient (Wildman–Crippen LogP) is 5.56. The number of fused-ring (bicyclic) bond motifs is 1. The number of unbranched alkanes of at least 4 members (excludes halogenated alkanes) is 2. The molecule has 0 unspecified atom stereocenters. The van der Waals surface area contributed by atoms with E-state index >= 15 is 0 Å². The first-order valence-corrected chi connectivity index (χ1v) is 10.2. The van der Waals surface area contributed by atoms with Crippen molar-refractivity contribution in [3.05, 3.63) is 65.5 Å². The molecule has 3 aromatic rings. The van der Waals surface area contributed by atoms with Crippen LogP contribution in [0.25, 0.3) is 11.0 Å². The molecule has 4 nitrogen and oxygen atoms in total. The van der Waals surface area contributed by atoms with Gasteiger partial charge in [0, 0.05) is 13.1 Å². The van der Waals surface area contributed by atoms with E-state index < -0.39 is 17.5 Å². The number of aryl methyl sites for hydroxylation is 1. The van der Waals surface area contributed by atoms with Crippen LogP contribution in [0, 0.1) is 11.6 Å². The van der Waals surface area contributed by atoms with Gasteiger partial charge in [0.1, 0.15) is 17.5 Å². The Morgan fingerprint density at radius 2 is 1.86 bits per heavy atom. The summed E-state index contributed by atoms with van der Waals surface area (Å²) in [5.74, 6) is -1.08. The van der Waals surface area contributed by atoms with Crippen molar-refractivity contribution in [2.75, 3.05) is 6.54 Å². The van der Waals surface area contributed by atoms with Gasteiger partial charge < -0.3 is 9.47 Å². The number of hydrogen-bond donors (Lipinski definition) is 0. The maximum absolute atomic E-state index is 14.2. The van der Waals surface area contributed by atoms with Gasteiger partial charge in [-0.25, -0.2) is 13.8 Å². The molecule has 0 aliphatic rings. The summed E-state index contributed by atoms with van der Waals surface area (Å²) < 4.78 is 30.0. The van der Waals surface area contributed by atoms with Gasteiger partial charge in [0.05, 0.1) is 23.1 Å². The fraction of sp³-hybridized carbons (Fsp3) is 0.391. The molecule has 1 heterocycles. The lowest BCUT2D eigenvalue weighted by Crippen LogP contribution is -2.33. The maximum atomic E-state index is 14.2. The molecule has 154 valence electrons. The van der Waals surface area contributed by atoms with Gasteiger partial charge in [0.25, 0.3) is 5.91 Å². The average Bonchev–Trinajstić information content (AvgIpc) is 3.06. The lowest BCUT2D eigenvalue weighted by atomic mass is 10.1. The van der Waals surface area contributed by atoms with Gasteiger partial charge in [-0.3, -0.25) is 4.79 Å². The fourth-order valence-corrected chi connectivity index (χ4v) is 3.53. The highest BCUT2D eigenvalue weighted by molar-refractivity contribution is 5.94. The minimum Gasteiger partial charge on any atom is -0.331 e. The summed E-state index contributed by atoms with van der Waals surface area (Å²) in [5, 5.41) is 0. The number of benzene rings is 2. The molecule has 29 heavy (non-hydrogen) atoms. The van der Waals surface area contributed by atoms with E-state index in [2.05, 4.69) is 18.4 Å². The van der Waals surface area contributed by atoms with Gasteiger partial charge in [-0.2, -0.15) is 0 Å². The summed E-state index contributed by atoms with van der Waals surface area (Å²) in [6.07, 6.45) is 3.69. The molecule has 0 saturated carbocycles. The number of aromatic nitrogens is 2. The number of rotatable bonds is 9. The van der Waals surface area contributed by atoms with E-state index in [-0.39, 0.29) is 12.1 Å². The molecule has 0 aliphatic carbocycles. The molecule has 0 fully saturated rings. The second kappa shape index (κ2) is 9.63. The first kappa shape index (κ1) is 21.0. The van der Waals surface area contributed by atoms with Crippen molar-refractivity contribution in [3.63, 3.8) is 0 Å². The van der Waals surface area contributed by atoms with E-state index in [1.807, 2.05) is 24.3 Å². The Bertz CT molecular complexity index is 983. The average molecular weight is 399 g/mol. The van der Waals surface area contributed by atoms with E-state index in [1.165, 1.54) is 0 Å². The van der Waals surface area contributed by atoms with Crippen molar-refractivity contribution >= 4 is 16.9 Å². The topological polar surface area (TPSA) is 38.1 Å². The van der Waals surface area contributed by atoms with Crippen LogP contribution in [-0.4, -0.2) is 26.9 Å². The molecule has 6 heteroatoms. The summed E-state index contributed by atoms with van der Waals surface area (Å²) in [6.45, 7) is 5.68. The summed E-state index contributed by atoms with van der Waals surface area (Å²) in [4.78, 5) is 19.4. The summed E-state index contributed by atoms with van der Waals surface area (Å²) in [5.41, 5.74) is 1.65. The van der Waals surface area contributed by atoms with Gasteiger partial charge in [-0.1, -0.05) is 38.8 Å². The van der Waals surface area contributed by atoms with Crippen LogP contribution in [0.2, 0.25) is 0 Å². The Kier molecular flexibility index (Phi) is 6.96. The fourth-order valence-electron chi connectivity index (χ4n) is 3.53. The van der Waals surface area contributed by atoms with E-state index in [1.54, 1.807) is 4.90 Å². The van der Waals surface area contributed by atoms with Gasteiger partial charge in [0.15, 0.2) is 0 Å². The zero-order valence-electron chi connectivity index (χ0n) is 17.0. The number of para-hydroxylation sites is 2. The first-order chi connectivity index (χ1) is 14.0. The highest BCUT2D eigenvalue weighted by atomic mass is 19.1. The van der Waals surface area contributed by atoms with Gasteiger partial charge in [-0.15, -0.1) is 0 Å². The summed E-state index contributed by atoms with van der Waals surface area (Å²) in [7, 11) is 0. The van der Waals surface area contributed by atoms with Crippen LogP contribution in [-0.2, 0) is 13.1 Å². The molecule has 0 saturated heterocycles. The van der Waals surface area contributed by atoms with Crippen molar-refractivity contribution in [2.45, 2.75) is 52.6 Å². The number of nitrogens with zero attached hydrogens (tertiary/aromatic N) is 3. The largest absolute Gasteiger partial charge is 0.331 e. The molecule has 1 amide bonds. The smallest absolute Gasteiger partial charge is 0.257 e. The minimum absolute atomic E-state index is 0.236. The number of amides is 1. The lowest BCUT2D eigenvalue weighted by molar-refractivity contribution is 0.0728. The third kappa shape index (κ3) is 4.81. The third-order valence-electron chi connectivity index (χ3n) is 4.99. The van der Waals surface area contributed by atoms with Gasteiger partial charge in [0.2, 0.25) is 0 Å². The van der Waals surface area contributed by atoms with Crippen molar-refractivity contribution in [2.24, 2.45) is 0 Å². The van der Waals surface area contributed by atoms with Gasteiger partial charge in [-0.05, 0) is 43.2 Å². The number of halogens is 2. The van der Waals surface area contributed by atoms with Crippen molar-refractivity contribution < 1.29 is 13.6 Å². The van der Waals surface area contributed by atoms with Crippen molar-refractivity contribution in [3.8, 4) is 0 Å². The third-order valence-corrected chi connectivity index (χ3v) is 4.99. The van der Waals surface area contributed by atoms with Gasteiger partial charge >= 0.3 is 0 Å². The molecule has 0 bridgehead atoms. The lowest BCUT2D eigenvalue weighted by Gasteiger charge is -2.23. The van der Waals surface area contributed by atoms with Crippen LogP contribution < -0.4 is 0 Å². The molecule has 0 spiro atoms. The molecular formula is C23H27F2N3O. The molecule has 0 N–H and O–H groups in total. The van der Waals surface area contributed by atoms with E-state index in [4.69, 9.17) is 4.98 Å². The molecule has 2 aromatic carbocycles. The molecule has 0 atom stereocenters. The zero-order chi connectivity index (χ0) is 20.8. The van der Waals surface area contributed by atoms with Crippen LogP contribution in [0.5, 0.6) is 0 Å². The van der Waals surface area contributed by atoms with Crippen LogP contribution in [0.15, 0.2) is 42.5 Å². The predicted molar refractivity (Wildman–Crippen MR) is 111 cm³/mol. The Hall–Kier alpha value is -2.76. The van der Waals surface area contributed by atoms with E-state index in [0.717, 1.165) is 67.3 Å². The van der Waals surface area contributed by atoms with E-state index in [9.17, 15) is 13.6 Å². The van der Waals surface area contributed by atoms with Crippen LogP contribution in [0.1, 0.15) is 55.7 Å². The highest BCUT2D eigenvalue weighted by Gasteiger charge is 2.22. The Morgan fingerprint density at radius 1 is 1.07 bits per heavy atom. The highest BCUT2D eigenvalue weighted by Crippen LogP contribution is 2.20. The monoisotopic (exact) mass is 399 g/mol. The summed E-state index contributed by atoms with van der Waals surface area (Å²) >= 11 is 0. The van der Waals surface area contributed by atoms with Crippen molar-refractivity contribution in [1.82, 2.24) is 14.5 Å². The normalized spacial score (nSPS) is 11.2. The maximum Gasteiger partial charge on any atom is 0.257 e. The first-order valence-electron chi connectivity index (χ1n) is 10.2. The second-order valence-corrected chi connectivity index (χ2v) is 7.23. The van der Waals surface area contributed by atoms with Crippen molar-refractivity contribution in [1.29, 1.82) is 0 Å². The number of carbonyl (C=O) groups excluding carboxylic acids is 1. The minimum atomic E-state index is -0.709. The molecule has 0 radical (unpaired) electrons. The zero-order valence-corrected chi connectivity index (χ0v) is 17.0. The number of imidazole rings is 1. The summed E-state index contributed by atoms with van der Waals surface area (Å²) in [6, 6.07) is 10.8. The Labute approximate surface area is 170 Å². The second-order valence-electron chi connectivity index (χ2n) is 7.23. The van der Waals surface area contributed by atoms with Crippen LogP contribution >= 0.6 is 0 Å². The van der Waals surface area contributed by atoms with Crippen LogP contribution in [0.4, 0.5) is 8.78 Å². The number of carbonyl (C=O) groups is 1. The molecule has 3 rings (SSSR count). The molecule has 1 aromatic heterocycles. The quantitative estimate of drug-likeness (QED) is 0.442. The van der Waals surface area contributed by atoms with Crippen LogP contribution in [0.3, 0.4) is 0 Å². The SMILES string of the molecule is CCCCCN(Cc1nc2ccccc2n1CCC)C(=O)c1cc(F)ccc1F. The molecular weight excluding hydrogens is 372 g/mol. The standard InChI is InChI=1S/C23H27F2N3O/c1-3-5-8-14-27(23(29)18-15-17(24)11-12-19(18)25)16-22-26-20-9-6-7-10-21(20)28(22)13-4-2/h6-7,9-12,15H,3-5,8,13-14,16H2,1-2H3. The molecule has 0 aliphatic heterocycles.